The monoisotopic (exact) mass is 301 g/mol. The Balaban J connectivity index is 2.07. The van der Waals surface area contributed by atoms with E-state index in [0.29, 0.717) is 19.0 Å². The number of aromatic nitrogens is 1. The second kappa shape index (κ2) is 6.75. The van der Waals surface area contributed by atoms with Gasteiger partial charge in [0.2, 0.25) is 11.8 Å². The zero-order valence-electron chi connectivity index (χ0n) is 13.9. The maximum absolute atomic E-state index is 11.7. The summed E-state index contributed by atoms with van der Waals surface area (Å²) in [5.41, 5.74) is 4.19. The summed E-state index contributed by atoms with van der Waals surface area (Å²) in [6.45, 7) is 5.05. The molecule has 1 heterocycles. The summed E-state index contributed by atoms with van der Waals surface area (Å²) in [7, 11) is 5.40. The van der Waals surface area contributed by atoms with Gasteiger partial charge >= 0.3 is 0 Å². The fourth-order valence-electron chi connectivity index (χ4n) is 2.26. The fraction of sp³-hybridized carbons (Fsp3) is 0.412. The molecule has 1 aromatic carbocycles. The van der Waals surface area contributed by atoms with Gasteiger partial charge in [-0.1, -0.05) is 17.7 Å². The highest BCUT2D eigenvalue weighted by atomic mass is 16.3. The predicted octanol–water partition coefficient (Wildman–Crippen LogP) is 2.48. The summed E-state index contributed by atoms with van der Waals surface area (Å²) in [5.74, 6) is 0.695. The van der Waals surface area contributed by atoms with Crippen LogP contribution in [-0.2, 0) is 11.3 Å². The summed E-state index contributed by atoms with van der Waals surface area (Å²) in [6.07, 6.45) is 1.66. The molecule has 1 amide bonds. The molecule has 2 rings (SSSR count). The number of amides is 1. The summed E-state index contributed by atoms with van der Waals surface area (Å²) >= 11 is 0. The van der Waals surface area contributed by atoms with Crippen molar-refractivity contribution in [3.8, 4) is 11.5 Å². The second-order valence-electron chi connectivity index (χ2n) is 5.92. The van der Waals surface area contributed by atoms with Gasteiger partial charge in [0, 0.05) is 26.2 Å². The number of benzene rings is 1. The molecule has 118 valence electrons. The average Bonchev–Trinajstić information content (AvgIpc) is 2.86. The van der Waals surface area contributed by atoms with E-state index in [1.165, 1.54) is 5.56 Å². The molecule has 2 aromatic rings. The van der Waals surface area contributed by atoms with E-state index in [0.717, 1.165) is 16.8 Å². The zero-order valence-corrected chi connectivity index (χ0v) is 13.9. The molecule has 0 aliphatic heterocycles. The van der Waals surface area contributed by atoms with Crippen molar-refractivity contribution in [1.29, 1.82) is 0 Å². The number of hydrogen-bond acceptors (Lipinski definition) is 4. The highest BCUT2D eigenvalue weighted by Gasteiger charge is 2.13. The van der Waals surface area contributed by atoms with Crippen molar-refractivity contribution >= 4 is 5.91 Å². The molecule has 0 bridgehead atoms. The normalized spacial score (nSPS) is 11.0. The van der Waals surface area contributed by atoms with Crippen molar-refractivity contribution in [3.05, 3.63) is 41.3 Å². The first-order valence-corrected chi connectivity index (χ1v) is 7.27. The quantitative estimate of drug-likeness (QED) is 0.851. The highest BCUT2D eigenvalue weighted by Crippen LogP contribution is 2.23. The molecule has 5 nitrogen and oxygen atoms in total. The molecular weight excluding hydrogens is 278 g/mol. The molecule has 22 heavy (non-hydrogen) atoms. The number of carbonyl (C=O) groups is 1. The van der Waals surface area contributed by atoms with Crippen LogP contribution in [0, 0.1) is 13.8 Å². The Kier molecular flexibility index (Phi) is 4.98. The minimum atomic E-state index is 0.0700. The van der Waals surface area contributed by atoms with Crippen molar-refractivity contribution < 1.29 is 9.21 Å². The SMILES string of the molecule is Cc1ccc(-c2nc(CN(C)CC(=O)N(C)C)co2)c(C)c1. The van der Waals surface area contributed by atoms with Gasteiger partial charge in [0.15, 0.2) is 0 Å². The van der Waals surface area contributed by atoms with Crippen molar-refractivity contribution in [3.63, 3.8) is 0 Å². The third kappa shape index (κ3) is 3.95. The Morgan fingerprint density at radius 1 is 1.23 bits per heavy atom. The molecule has 0 radical (unpaired) electrons. The van der Waals surface area contributed by atoms with Gasteiger partial charge in [-0.25, -0.2) is 4.98 Å². The van der Waals surface area contributed by atoms with Crippen molar-refractivity contribution in [1.82, 2.24) is 14.8 Å². The Hall–Kier alpha value is -2.14. The lowest BCUT2D eigenvalue weighted by Gasteiger charge is -2.17. The van der Waals surface area contributed by atoms with Crippen LogP contribution in [-0.4, -0.2) is 48.4 Å². The summed E-state index contributed by atoms with van der Waals surface area (Å²) in [5, 5.41) is 0. The van der Waals surface area contributed by atoms with Crippen molar-refractivity contribution in [2.75, 3.05) is 27.7 Å². The molecule has 0 aliphatic rings. The molecule has 0 saturated heterocycles. The van der Waals surface area contributed by atoms with Crippen molar-refractivity contribution in [2.24, 2.45) is 0 Å². The molecule has 0 unspecified atom stereocenters. The molecule has 0 fully saturated rings. The number of aryl methyl sites for hydroxylation is 2. The van der Waals surface area contributed by atoms with E-state index in [-0.39, 0.29) is 5.91 Å². The summed E-state index contributed by atoms with van der Waals surface area (Å²) in [6, 6.07) is 6.19. The molecule has 0 atom stereocenters. The largest absolute Gasteiger partial charge is 0.444 e. The lowest BCUT2D eigenvalue weighted by molar-refractivity contribution is -0.129. The predicted molar refractivity (Wildman–Crippen MR) is 86.4 cm³/mol. The number of hydrogen-bond donors (Lipinski definition) is 0. The van der Waals surface area contributed by atoms with E-state index in [1.54, 1.807) is 25.3 Å². The van der Waals surface area contributed by atoms with Crippen LogP contribution >= 0.6 is 0 Å². The maximum atomic E-state index is 11.7. The third-order valence-corrected chi connectivity index (χ3v) is 3.50. The molecule has 1 aromatic heterocycles. The molecular formula is C17H23N3O2. The molecule has 0 saturated carbocycles. The van der Waals surface area contributed by atoms with Gasteiger partial charge in [-0.2, -0.15) is 0 Å². The molecule has 0 spiro atoms. The Labute approximate surface area is 131 Å². The number of rotatable bonds is 5. The van der Waals surface area contributed by atoms with Gasteiger partial charge in [0.25, 0.3) is 0 Å². The van der Waals surface area contributed by atoms with Crippen LogP contribution in [0.1, 0.15) is 16.8 Å². The van der Waals surface area contributed by atoms with Gasteiger partial charge in [-0.05, 0) is 32.5 Å². The number of oxazole rings is 1. The highest BCUT2D eigenvalue weighted by molar-refractivity contribution is 5.77. The smallest absolute Gasteiger partial charge is 0.236 e. The van der Waals surface area contributed by atoms with Gasteiger partial charge in [0.05, 0.1) is 12.2 Å². The van der Waals surface area contributed by atoms with Gasteiger partial charge in [-0.3, -0.25) is 9.69 Å². The molecule has 5 heteroatoms. The second-order valence-corrected chi connectivity index (χ2v) is 5.92. The lowest BCUT2D eigenvalue weighted by Crippen LogP contribution is -2.34. The first-order chi connectivity index (χ1) is 10.4. The summed E-state index contributed by atoms with van der Waals surface area (Å²) < 4.78 is 5.59. The molecule has 0 aliphatic carbocycles. The van der Waals surface area contributed by atoms with Crippen LogP contribution in [0.15, 0.2) is 28.9 Å². The van der Waals surface area contributed by atoms with E-state index in [2.05, 4.69) is 18.0 Å². The van der Waals surface area contributed by atoms with E-state index >= 15 is 0 Å². The standard InChI is InChI=1S/C17H23N3O2/c1-12-6-7-15(13(2)8-12)17-18-14(11-22-17)9-20(5)10-16(21)19(3)4/h6-8,11H,9-10H2,1-5H3. The Morgan fingerprint density at radius 2 is 1.95 bits per heavy atom. The minimum absolute atomic E-state index is 0.0700. The third-order valence-electron chi connectivity index (χ3n) is 3.50. The number of nitrogens with zero attached hydrogens (tertiary/aromatic N) is 3. The number of carbonyl (C=O) groups excluding carboxylic acids is 1. The Morgan fingerprint density at radius 3 is 2.59 bits per heavy atom. The van der Waals surface area contributed by atoms with E-state index < -0.39 is 0 Å². The van der Waals surface area contributed by atoms with Crippen LogP contribution in [0.25, 0.3) is 11.5 Å². The maximum Gasteiger partial charge on any atom is 0.236 e. The van der Waals surface area contributed by atoms with Gasteiger partial charge in [0.1, 0.15) is 6.26 Å². The van der Waals surface area contributed by atoms with Crippen LogP contribution in [0.4, 0.5) is 0 Å². The Bertz CT molecular complexity index is 662. The first-order valence-electron chi connectivity index (χ1n) is 7.27. The van der Waals surface area contributed by atoms with Gasteiger partial charge in [-0.15, -0.1) is 0 Å². The molecule has 0 N–H and O–H groups in total. The van der Waals surface area contributed by atoms with Crippen LogP contribution < -0.4 is 0 Å². The van der Waals surface area contributed by atoms with E-state index in [1.807, 2.05) is 31.0 Å². The fourth-order valence-corrected chi connectivity index (χ4v) is 2.26. The van der Waals surface area contributed by atoms with Crippen LogP contribution in [0.2, 0.25) is 0 Å². The number of likely N-dealkylation sites (N-methyl/N-ethyl adjacent to an activating group) is 2. The van der Waals surface area contributed by atoms with Crippen LogP contribution in [0.5, 0.6) is 0 Å². The van der Waals surface area contributed by atoms with E-state index in [9.17, 15) is 4.79 Å². The summed E-state index contributed by atoms with van der Waals surface area (Å²) in [4.78, 5) is 19.7. The van der Waals surface area contributed by atoms with Crippen LogP contribution in [0.3, 0.4) is 0 Å². The van der Waals surface area contributed by atoms with Gasteiger partial charge < -0.3 is 9.32 Å². The topological polar surface area (TPSA) is 49.6 Å². The zero-order chi connectivity index (χ0) is 16.3. The first kappa shape index (κ1) is 16.2. The lowest BCUT2D eigenvalue weighted by atomic mass is 10.1. The average molecular weight is 301 g/mol. The van der Waals surface area contributed by atoms with Crippen molar-refractivity contribution in [2.45, 2.75) is 20.4 Å². The minimum Gasteiger partial charge on any atom is -0.444 e. The van der Waals surface area contributed by atoms with E-state index in [4.69, 9.17) is 4.42 Å².